The van der Waals surface area contributed by atoms with Gasteiger partial charge in [-0.1, -0.05) is 13.8 Å². The highest BCUT2D eigenvalue weighted by molar-refractivity contribution is 5.98. The number of carbonyl (C=O) groups is 1. The van der Waals surface area contributed by atoms with Crippen molar-refractivity contribution in [2.24, 2.45) is 5.41 Å². The number of hydrogen-bond acceptors (Lipinski definition) is 3. The lowest BCUT2D eigenvalue weighted by Gasteiger charge is -2.29. The molecule has 96 valence electrons. The number of rotatable bonds is 1. The van der Waals surface area contributed by atoms with Crippen LogP contribution in [-0.2, 0) is 6.42 Å². The molecule has 3 heteroatoms. The average Bonchev–Trinajstić information content (AvgIpc) is 2.37. The van der Waals surface area contributed by atoms with E-state index in [1.807, 2.05) is 24.3 Å². The lowest BCUT2D eigenvalue weighted by atomic mass is 9.75. The van der Waals surface area contributed by atoms with Gasteiger partial charge in [-0.25, -0.2) is 0 Å². The van der Waals surface area contributed by atoms with E-state index in [1.165, 1.54) is 0 Å². The Labute approximate surface area is 112 Å². The van der Waals surface area contributed by atoms with Gasteiger partial charge in [-0.05, 0) is 36.1 Å². The fourth-order valence-corrected chi connectivity index (χ4v) is 2.61. The molecule has 0 radical (unpaired) electrons. The number of Topliss-reactive ketones (excluding diaryl/α,β-unsaturated/α-hetero) is 1. The van der Waals surface area contributed by atoms with E-state index in [-0.39, 0.29) is 11.2 Å². The summed E-state index contributed by atoms with van der Waals surface area (Å²) in [5, 5.41) is 0. The molecule has 0 aromatic carbocycles. The lowest BCUT2D eigenvalue weighted by Crippen LogP contribution is -2.27. The molecule has 3 nitrogen and oxygen atoms in total. The van der Waals surface area contributed by atoms with Crippen LogP contribution in [0.1, 0.15) is 36.3 Å². The van der Waals surface area contributed by atoms with Gasteiger partial charge in [0.05, 0.1) is 11.4 Å². The van der Waals surface area contributed by atoms with Crippen LogP contribution in [0.4, 0.5) is 0 Å². The van der Waals surface area contributed by atoms with Crippen LogP contribution < -0.4 is 0 Å². The van der Waals surface area contributed by atoms with Crippen LogP contribution in [0, 0.1) is 5.41 Å². The van der Waals surface area contributed by atoms with Gasteiger partial charge in [0, 0.05) is 29.9 Å². The molecule has 0 saturated heterocycles. The maximum Gasteiger partial charge on any atom is 0.165 e. The SMILES string of the molecule is CC1(C)CC(=O)c2ccc(-c3cccnc3)nc2C1. The van der Waals surface area contributed by atoms with Crippen molar-refractivity contribution in [2.45, 2.75) is 26.7 Å². The molecule has 1 aliphatic rings. The largest absolute Gasteiger partial charge is 0.294 e. The molecule has 2 aromatic heterocycles. The minimum Gasteiger partial charge on any atom is -0.294 e. The second-order valence-corrected chi connectivity index (χ2v) is 5.87. The van der Waals surface area contributed by atoms with Crippen LogP contribution in [0.25, 0.3) is 11.3 Å². The standard InChI is InChI=1S/C16H16N2O/c1-16(2)8-14-12(15(19)9-16)5-6-13(18-14)11-4-3-7-17-10-11/h3-7,10H,8-9H2,1-2H3. The van der Waals surface area contributed by atoms with Crippen molar-refractivity contribution in [3.05, 3.63) is 47.9 Å². The molecule has 0 unspecified atom stereocenters. The normalized spacial score (nSPS) is 17.1. The Kier molecular flexibility index (Phi) is 2.70. The van der Waals surface area contributed by atoms with Crippen molar-refractivity contribution in [1.29, 1.82) is 0 Å². The lowest BCUT2D eigenvalue weighted by molar-refractivity contribution is 0.0910. The molecule has 3 rings (SSSR count). The zero-order valence-corrected chi connectivity index (χ0v) is 11.2. The monoisotopic (exact) mass is 252 g/mol. The van der Waals surface area contributed by atoms with E-state index < -0.39 is 0 Å². The van der Waals surface area contributed by atoms with Gasteiger partial charge >= 0.3 is 0 Å². The Balaban J connectivity index is 2.07. The summed E-state index contributed by atoms with van der Waals surface area (Å²) in [6.45, 7) is 4.23. The molecule has 19 heavy (non-hydrogen) atoms. The molecule has 0 amide bonds. The van der Waals surface area contributed by atoms with E-state index in [4.69, 9.17) is 0 Å². The number of aromatic nitrogens is 2. The first-order chi connectivity index (χ1) is 9.05. The second kappa shape index (κ2) is 4.26. The Morgan fingerprint density at radius 1 is 1.16 bits per heavy atom. The van der Waals surface area contributed by atoms with Gasteiger partial charge in [-0.15, -0.1) is 0 Å². The number of carbonyl (C=O) groups excluding carboxylic acids is 1. The first-order valence-corrected chi connectivity index (χ1v) is 6.49. The molecular weight excluding hydrogens is 236 g/mol. The molecule has 0 spiro atoms. The van der Waals surface area contributed by atoms with E-state index in [0.29, 0.717) is 6.42 Å². The quantitative estimate of drug-likeness (QED) is 0.782. The topological polar surface area (TPSA) is 42.9 Å². The summed E-state index contributed by atoms with van der Waals surface area (Å²) >= 11 is 0. The molecule has 0 saturated carbocycles. The van der Waals surface area contributed by atoms with Gasteiger partial charge < -0.3 is 0 Å². The Morgan fingerprint density at radius 2 is 2.00 bits per heavy atom. The predicted octanol–water partition coefficient (Wildman–Crippen LogP) is 3.30. The van der Waals surface area contributed by atoms with Crippen molar-refractivity contribution < 1.29 is 4.79 Å². The van der Waals surface area contributed by atoms with E-state index in [9.17, 15) is 4.79 Å². The fourth-order valence-electron chi connectivity index (χ4n) is 2.61. The third kappa shape index (κ3) is 2.28. The van der Waals surface area contributed by atoms with Gasteiger partial charge in [-0.3, -0.25) is 14.8 Å². The van der Waals surface area contributed by atoms with Gasteiger partial charge in [0.1, 0.15) is 0 Å². The Hall–Kier alpha value is -2.03. The first-order valence-electron chi connectivity index (χ1n) is 6.49. The van der Waals surface area contributed by atoms with Crippen LogP contribution in [0.15, 0.2) is 36.7 Å². The predicted molar refractivity (Wildman–Crippen MR) is 73.9 cm³/mol. The van der Waals surface area contributed by atoms with Crippen LogP contribution >= 0.6 is 0 Å². The van der Waals surface area contributed by atoms with Crippen molar-refractivity contribution in [2.75, 3.05) is 0 Å². The highest BCUT2D eigenvalue weighted by atomic mass is 16.1. The number of nitrogens with zero attached hydrogens (tertiary/aromatic N) is 2. The minimum atomic E-state index is 0.00461. The average molecular weight is 252 g/mol. The van der Waals surface area contributed by atoms with E-state index in [1.54, 1.807) is 12.4 Å². The Bertz CT molecular complexity index is 632. The van der Waals surface area contributed by atoms with Crippen LogP contribution in [0.2, 0.25) is 0 Å². The van der Waals surface area contributed by atoms with Crippen molar-refractivity contribution in [1.82, 2.24) is 9.97 Å². The molecule has 2 heterocycles. The van der Waals surface area contributed by atoms with Crippen molar-refractivity contribution >= 4 is 5.78 Å². The zero-order chi connectivity index (χ0) is 13.5. The Morgan fingerprint density at radius 3 is 2.74 bits per heavy atom. The maximum atomic E-state index is 12.1. The summed E-state index contributed by atoms with van der Waals surface area (Å²) in [4.78, 5) is 20.9. The van der Waals surface area contributed by atoms with Crippen molar-refractivity contribution in [3.63, 3.8) is 0 Å². The van der Waals surface area contributed by atoms with Gasteiger partial charge in [0.2, 0.25) is 0 Å². The van der Waals surface area contributed by atoms with Gasteiger partial charge in [0.25, 0.3) is 0 Å². The maximum absolute atomic E-state index is 12.1. The highest BCUT2D eigenvalue weighted by Gasteiger charge is 2.31. The van der Waals surface area contributed by atoms with E-state index in [2.05, 4.69) is 23.8 Å². The van der Waals surface area contributed by atoms with Crippen LogP contribution in [0.5, 0.6) is 0 Å². The third-order valence-electron chi connectivity index (χ3n) is 3.52. The molecule has 0 bridgehead atoms. The van der Waals surface area contributed by atoms with Gasteiger partial charge in [0.15, 0.2) is 5.78 Å². The number of pyridine rings is 2. The highest BCUT2D eigenvalue weighted by Crippen LogP contribution is 2.34. The summed E-state index contributed by atoms with van der Waals surface area (Å²) in [7, 11) is 0. The van der Waals surface area contributed by atoms with E-state index >= 15 is 0 Å². The first kappa shape index (κ1) is 12.0. The molecular formula is C16H16N2O. The van der Waals surface area contributed by atoms with Crippen LogP contribution in [-0.4, -0.2) is 15.8 Å². The van der Waals surface area contributed by atoms with E-state index in [0.717, 1.165) is 28.9 Å². The number of fused-ring (bicyclic) bond motifs is 1. The molecule has 0 N–H and O–H groups in total. The van der Waals surface area contributed by atoms with Crippen molar-refractivity contribution in [3.8, 4) is 11.3 Å². The zero-order valence-electron chi connectivity index (χ0n) is 11.2. The smallest absolute Gasteiger partial charge is 0.165 e. The summed E-state index contributed by atoms with van der Waals surface area (Å²) in [6.07, 6.45) is 5.00. The van der Waals surface area contributed by atoms with Crippen LogP contribution in [0.3, 0.4) is 0 Å². The third-order valence-corrected chi connectivity index (χ3v) is 3.52. The molecule has 2 aromatic rings. The van der Waals surface area contributed by atoms with Gasteiger partial charge in [-0.2, -0.15) is 0 Å². The molecule has 0 aliphatic heterocycles. The number of ketones is 1. The molecule has 0 fully saturated rings. The summed E-state index contributed by atoms with van der Waals surface area (Å²) in [5.74, 6) is 0.205. The molecule has 0 atom stereocenters. The summed E-state index contributed by atoms with van der Waals surface area (Å²) < 4.78 is 0. The minimum absolute atomic E-state index is 0.00461. The summed E-state index contributed by atoms with van der Waals surface area (Å²) in [5.41, 5.74) is 3.58. The fraction of sp³-hybridized carbons (Fsp3) is 0.312. The second-order valence-electron chi connectivity index (χ2n) is 5.87. The number of hydrogen-bond donors (Lipinski definition) is 0. The summed E-state index contributed by atoms with van der Waals surface area (Å²) in [6, 6.07) is 7.69. The molecule has 1 aliphatic carbocycles.